The highest BCUT2D eigenvalue weighted by Gasteiger charge is 2.32. The van der Waals surface area contributed by atoms with Gasteiger partial charge < -0.3 is 14.7 Å². The molecule has 2 aliphatic heterocycles. The molecule has 4 heterocycles. The molecule has 8 heteroatoms. The summed E-state index contributed by atoms with van der Waals surface area (Å²) in [5, 5.41) is 0. The van der Waals surface area contributed by atoms with Gasteiger partial charge >= 0.3 is 0 Å². The van der Waals surface area contributed by atoms with Crippen molar-refractivity contribution in [1.29, 1.82) is 0 Å². The van der Waals surface area contributed by atoms with Gasteiger partial charge in [-0.2, -0.15) is 0 Å². The summed E-state index contributed by atoms with van der Waals surface area (Å²) >= 11 is 0. The lowest BCUT2D eigenvalue weighted by atomic mass is 9.94. The molecule has 2 amide bonds. The van der Waals surface area contributed by atoms with Gasteiger partial charge in [0, 0.05) is 62.6 Å². The number of aromatic nitrogens is 3. The number of carbonyl (C=O) groups is 2. The second-order valence-corrected chi connectivity index (χ2v) is 8.00. The first-order valence-electron chi connectivity index (χ1n) is 10.6. The molecule has 2 saturated heterocycles. The van der Waals surface area contributed by atoms with Gasteiger partial charge in [0.05, 0.1) is 0 Å². The molecule has 2 aliphatic rings. The number of carbonyl (C=O) groups excluding carboxylic acids is 2. The van der Waals surface area contributed by atoms with Crippen LogP contribution in [-0.4, -0.2) is 75.8 Å². The predicted octanol–water partition coefficient (Wildman–Crippen LogP) is 1.69. The van der Waals surface area contributed by atoms with E-state index in [0.29, 0.717) is 44.7 Å². The minimum absolute atomic E-state index is 0.00707. The molecule has 0 bridgehead atoms. The standard InChI is InChI=1S/C22H28N6O2/c1-16-17(2)24-15-25-20(16)26-11-13-28(14-12-26)21(29)18-6-9-27(10-7-18)22(30)19-5-3-4-8-23-19/h3-5,8,15,18H,6-7,9-14H2,1-2H3. The van der Waals surface area contributed by atoms with Crippen LogP contribution >= 0.6 is 0 Å². The molecule has 0 aromatic carbocycles. The van der Waals surface area contributed by atoms with Gasteiger partial charge in [-0.3, -0.25) is 14.6 Å². The smallest absolute Gasteiger partial charge is 0.272 e. The van der Waals surface area contributed by atoms with Crippen LogP contribution in [0.5, 0.6) is 0 Å². The number of hydrogen-bond acceptors (Lipinski definition) is 6. The first-order valence-corrected chi connectivity index (χ1v) is 10.6. The normalized spacial score (nSPS) is 17.9. The van der Waals surface area contributed by atoms with Crippen LogP contribution < -0.4 is 4.90 Å². The number of anilines is 1. The van der Waals surface area contributed by atoms with E-state index in [1.54, 1.807) is 24.7 Å². The zero-order valence-corrected chi connectivity index (χ0v) is 17.6. The fraction of sp³-hybridized carbons (Fsp3) is 0.500. The molecular weight excluding hydrogens is 380 g/mol. The maximum Gasteiger partial charge on any atom is 0.272 e. The maximum atomic E-state index is 13.0. The summed E-state index contributed by atoms with van der Waals surface area (Å²) in [6.45, 7) is 8.20. The van der Waals surface area contributed by atoms with Crippen molar-refractivity contribution in [2.75, 3.05) is 44.2 Å². The van der Waals surface area contributed by atoms with E-state index in [0.717, 1.165) is 30.2 Å². The Labute approximate surface area is 176 Å². The fourth-order valence-electron chi connectivity index (χ4n) is 4.22. The zero-order chi connectivity index (χ0) is 21.1. The predicted molar refractivity (Wildman–Crippen MR) is 113 cm³/mol. The molecule has 2 aromatic heterocycles. The molecule has 0 saturated carbocycles. The van der Waals surface area contributed by atoms with Crippen molar-refractivity contribution in [2.45, 2.75) is 26.7 Å². The molecule has 0 aliphatic carbocycles. The number of pyridine rings is 1. The van der Waals surface area contributed by atoms with E-state index in [2.05, 4.69) is 19.9 Å². The summed E-state index contributed by atoms with van der Waals surface area (Å²) in [5.74, 6) is 1.13. The van der Waals surface area contributed by atoms with Gasteiger partial charge in [-0.15, -0.1) is 0 Å². The molecule has 0 radical (unpaired) electrons. The lowest BCUT2D eigenvalue weighted by molar-refractivity contribution is -0.137. The van der Waals surface area contributed by atoms with Crippen LogP contribution in [0.1, 0.15) is 34.6 Å². The second-order valence-electron chi connectivity index (χ2n) is 8.00. The number of rotatable bonds is 3. The average molecular weight is 409 g/mol. The number of aryl methyl sites for hydroxylation is 1. The van der Waals surface area contributed by atoms with Crippen molar-refractivity contribution in [3.8, 4) is 0 Å². The molecule has 0 spiro atoms. The van der Waals surface area contributed by atoms with Crippen molar-refractivity contribution < 1.29 is 9.59 Å². The Morgan fingerprint density at radius 1 is 0.900 bits per heavy atom. The van der Waals surface area contributed by atoms with Crippen molar-refractivity contribution >= 4 is 17.6 Å². The molecule has 30 heavy (non-hydrogen) atoms. The van der Waals surface area contributed by atoms with Crippen LogP contribution in [0.15, 0.2) is 30.7 Å². The Kier molecular flexibility index (Phi) is 5.92. The Bertz CT molecular complexity index is 903. The summed E-state index contributed by atoms with van der Waals surface area (Å²) in [6.07, 6.45) is 4.66. The number of hydrogen-bond donors (Lipinski definition) is 0. The van der Waals surface area contributed by atoms with Crippen LogP contribution in [0.25, 0.3) is 0 Å². The van der Waals surface area contributed by atoms with Gasteiger partial charge in [0.25, 0.3) is 5.91 Å². The van der Waals surface area contributed by atoms with Crippen molar-refractivity contribution in [2.24, 2.45) is 5.92 Å². The van der Waals surface area contributed by atoms with Crippen molar-refractivity contribution in [1.82, 2.24) is 24.8 Å². The highest BCUT2D eigenvalue weighted by atomic mass is 16.2. The Balaban J connectivity index is 1.29. The van der Waals surface area contributed by atoms with E-state index in [1.807, 2.05) is 29.7 Å². The highest BCUT2D eigenvalue weighted by molar-refractivity contribution is 5.92. The summed E-state index contributed by atoms with van der Waals surface area (Å²) in [5.41, 5.74) is 2.56. The van der Waals surface area contributed by atoms with Gasteiger partial charge in [0.1, 0.15) is 17.8 Å². The topological polar surface area (TPSA) is 82.5 Å². The summed E-state index contributed by atoms with van der Waals surface area (Å²) in [7, 11) is 0. The van der Waals surface area contributed by atoms with Gasteiger partial charge in [-0.05, 0) is 38.8 Å². The molecule has 158 valence electrons. The molecule has 2 fully saturated rings. The lowest BCUT2D eigenvalue weighted by Gasteiger charge is -2.39. The van der Waals surface area contributed by atoms with E-state index >= 15 is 0 Å². The second kappa shape index (κ2) is 8.77. The molecule has 8 nitrogen and oxygen atoms in total. The van der Waals surface area contributed by atoms with E-state index in [4.69, 9.17) is 0 Å². The monoisotopic (exact) mass is 408 g/mol. The summed E-state index contributed by atoms with van der Waals surface area (Å²) in [6, 6.07) is 5.36. The maximum absolute atomic E-state index is 13.0. The van der Waals surface area contributed by atoms with Crippen molar-refractivity contribution in [3.63, 3.8) is 0 Å². The SMILES string of the molecule is Cc1ncnc(N2CCN(C(=O)C3CCN(C(=O)c4ccccn4)CC3)CC2)c1C. The molecule has 0 N–H and O–H groups in total. The number of nitrogens with zero attached hydrogens (tertiary/aromatic N) is 6. The van der Waals surface area contributed by atoms with E-state index < -0.39 is 0 Å². The van der Waals surface area contributed by atoms with Crippen molar-refractivity contribution in [3.05, 3.63) is 47.7 Å². The quantitative estimate of drug-likeness (QED) is 0.769. The Morgan fingerprint density at radius 2 is 1.63 bits per heavy atom. The third-order valence-electron chi connectivity index (χ3n) is 6.22. The minimum atomic E-state index is -0.0503. The largest absolute Gasteiger partial charge is 0.353 e. The fourth-order valence-corrected chi connectivity index (χ4v) is 4.22. The molecule has 0 unspecified atom stereocenters. The number of likely N-dealkylation sites (tertiary alicyclic amines) is 1. The van der Waals surface area contributed by atoms with Crippen LogP contribution in [-0.2, 0) is 4.79 Å². The van der Waals surface area contributed by atoms with Gasteiger partial charge in [0.15, 0.2) is 0 Å². The first-order chi connectivity index (χ1) is 14.5. The average Bonchev–Trinajstić information content (AvgIpc) is 2.81. The third-order valence-corrected chi connectivity index (χ3v) is 6.22. The number of piperidine rings is 1. The van der Waals surface area contributed by atoms with Gasteiger partial charge in [0.2, 0.25) is 5.91 Å². The summed E-state index contributed by atoms with van der Waals surface area (Å²) in [4.78, 5) is 44.4. The lowest BCUT2D eigenvalue weighted by Crippen LogP contribution is -2.52. The zero-order valence-electron chi connectivity index (χ0n) is 17.6. The molecule has 4 rings (SSSR count). The first kappa shape index (κ1) is 20.3. The van der Waals surface area contributed by atoms with Crippen LogP contribution in [0.3, 0.4) is 0 Å². The highest BCUT2D eigenvalue weighted by Crippen LogP contribution is 2.24. The molecule has 2 aromatic rings. The van der Waals surface area contributed by atoms with Gasteiger partial charge in [-0.25, -0.2) is 9.97 Å². The van der Waals surface area contributed by atoms with E-state index in [-0.39, 0.29) is 17.7 Å². The number of piperazine rings is 1. The Morgan fingerprint density at radius 3 is 2.30 bits per heavy atom. The third kappa shape index (κ3) is 4.13. The molecular formula is C22H28N6O2. The minimum Gasteiger partial charge on any atom is -0.353 e. The van der Waals surface area contributed by atoms with Crippen LogP contribution in [0.4, 0.5) is 5.82 Å². The van der Waals surface area contributed by atoms with E-state index in [9.17, 15) is 9.59 Å². The summed E-state index contributed by atoms with van der Waals surface area (Å²) < 4.78 is 0. The Hall–Kier alpha value is -3.03. The van der Waals surface area contributed by atoms with Gasteiger partial charge in [-0.1, -0.05) is 6.07 Å². The van der Waals surface area contributed by atoms with E-state index in [1.165, 1.54) is 0 Å². The van der Waals surface area contributed by atoms with Crippen LogP contribution in [0, 0.1) is 19.8 Å². The molecule has 0 atom stereocenters. The van der Waals surface area contributed by atoms with Crippen LogP contribution in [0.2, 0.25) is 0 Å². The number of amides is 2.